The van der Waals surface area contributed by atoms with E-state index in [4.69, 9.17) is 5.73 Å². The van der Waals surface area contributed by atoms with Gasteiger partial charge in [0.1, 0.15) is 5.82 Å². The van der Waals surface area contributed by atoms with Crippen LogP contribution in [-0.4, -0.2) is 9.55 Å². The fourth-order valence-corrected chi connectivity index (χ4v) is 2.14. The van der Waals surface area contributed by atoms with Crippen LogP contribution in [0.1, 0.15) is 24.2 Å². The number of rotatable bonds is 1. The molecule has 0 atom stereocenters. The predicted octanol–water partition coefficient (Wildman–Crippen LogP) is 1.83. The summed E-state index contributed by atoms with van der Waals surface area (Å²) in [5.74, 6) is 1.04. The zero-order chi connectivity index (χ0) is 10.6. The van der Waals surface area contributed by atoms with Crippen molar-refractivity contribution in [3.63, 3.8) is 0 Å². The molecule has 1 heterocycles. The van der Waals surface area contributed by atoms with Crippen LogP contribution in [0.3, 0.4) is 0 Å². The molecule has 1 fully saturated rings. The monoisotopic (exact) mass is 201 g/mol. The summed E-state index contributed by atoms with van der Waals surface area (Å²) in [5, 5.41) is 0. The average molecular weight is 201 g/mol. The zero-order valence-electron chi connectivity index (χ0n) is 9.12. The Morgan fingerprint density at radius 3 is 2.80 bits per heavy atom. The van der Waals surface area contributed by atoms with E-state index < -0.39 is 0 Å². The number of aryl methyl sites for hydroxylation is 2. The van der Waals surface area contributed by atoms with Crippen molar-refractivity contribution >= 4 is 11.0 Å². The maximum atomic E-state index is 6.24. The Hall–Kier alpha value is -1.35. The first-order valence-corrected chi connectivity index (χ1v) is 5.33. The molecule has 0 unspecified atom stereocenters. The van der Waals surface area contributed by atoms with Crippen LogP contribution in [-0.2, 0) is 12.6 Å². The van der Waals surface area contributed by atoms with Gasteiger partial charge >= 0.3 is 0 Å². The Labute approximate surface area is 88.9 Å². The summed E-state index contributed by atoms with van der Waals surface area (Å²) >= 11 is 0. The molecule has 3 rings (SSSR count). The number of benzene rings is 1. The number of aromatic nitrogens is 2. The molecule has 3 nitrogen and oxygen atoms in total. The van der Waals surface area contributed by atoms with Crippen LogP contribution in [0, 0.1) is 6.92 Å². The Balaban J connectivity index is 2.36. The van der Waals surface area contributed by atoms with Crippen molar-refractivity contribution in [2.45, 2.75) is 25.3 Å². The van der Waals surface area contributed by atoms with E-state index in [0.29, 0.717) is 0 Å². The number of hydrogen-bond acceptors (Lipinski definition) is 2. The summed E-state index contributed by atoms with van der Waals surface area (Å²) in [6.45, 7) is 2.03. The normalized spacial score (nSPS) is 18.3. The van der Waals surface area contributed by atoms with Gasteiger partial charge in [-0.05, 0) is 31.4 Å². The second-order valence-corrected chi connectivity index (χ2v) is 4.55. The second kappa shape index (κ2) is 2.61. The number of fused-ring (bicyclic) bond motifs is 1. The van der Waals surface area contributed by atoms with E-state index in [9.17, 15) is 0 Å². The van der Waals surface area contributed by atoms with Crippen LogP contribution in [0.15, 0.2) is 18.2 Å². The smallest absolute Gasteiger partial charge is 0.106 e. The molecule has 1 aliphatic carbocycles. The maximum Gasteiger partial charge on any atom is 0.106 e. The summed E-state index contributed by atoms with van der Waals surface area (Å²) in [5.41, 5.74) is 9.62. The highest BCUT2D eigenvalue weighted by Crippen LogP contribution is 2.44. The van der Waals surface area contributed by atoms with Gasteiger partial charge in [0.05, 0.1) is 11.0 Å². The number of imidazole rings is 1. The summed E-state index contributed by atoms with van der Waals surface area (Å²) in [6, 6.07) is 6.29. The van der Waals surface area contributed by atoms with Gasteiger partial charge in [0.2, 0.25) is 0 Å². The molecule has 0 radical (unpaired) electrons. The van der Waals surface area contributed by atoms with Gasteiger partial charge in [-0.1, -0.05) is 12.1 Å². The lowest BCUT2D eigenvalue weighted by Crippen LogP contribution is -2.19. The Kier molecular flexibility index (Phi) is 1.55. The van der Waals surface area contributed by atoms with E-state index in [-0.39, 0.29) is 5.54 Å². The fourth-order valence-electron chi connectivity index (χ4n) is 2.14. The third-order valence-corrected chi connectivity index (χ3v) is 3.46. The molecule has 1 aromatic heterocycles. The first-order chi connectivity index (χ1) is 7.12. The number of nitrogens with two attached hydrogens (primary N) is 1. The van der Waals surface area contributed by atoms with E-state index in [1.54, 1.807) is 0 Å². The lowest BCUT2D eigenvalue weighted by molar-refractivity contribution is 0.746. The minimum absolute atomic E-state index is 0.0969. The molecular weight excluding hydrogens is 186 g/mol. The number of para-hydroxylation sites is 1. The van der Waals surface area contributed by atoms with Gasteiger partial charge in [-0.3, -0.25) is 0 Å². The predicted molar refractivity (Wildman–Crippen MR) is 60.6 cm³/mol. The largest absolute Gasteiger partial charge is 0.331 e. The number of hydrogen-bond donors (Lipinski definition) is 1. The quantitative estimate of drug-likeness (QED) is 0.765. The highest BCUT2D eigenvalue weighted by atomic mass is 15.1. The van der Waals surface area contributed by atoms with E-state index in [1.165, 1.54) is 11.1 Å². The second-order valence-electron chi connectivity index (χ2n) is 4.55. The molecule has 3 heteroatoms. The summed E-state index contributed by atoms with van der Waals surface area (Å²) in [7, 11) is 2.05. The van der Waals surface area contributed by atoms with E-state index in [0.717, 1.165) is 24.2 Å². The Bertz CT molecular complexity index is 535. The van der Waals surface area contributed by atoms with Crippen molar-refractivity contribution in [3.8, 4) is 0 Å². The van der Waals surface area contributed by atoms with Crippen molar-refractivity contribution in [1.29, 1.82) is 0 Å². The summed E-state index contributed by atoms with van der Waals surface area (Å²) < 4.78 is 2.12. The first kappa shape index (κ1) is 8.92. The van der Waals surface area contributed by atoms with Crippen molar-refractivity contribution in [3.05, 3.63) is 29.6 Å². The zero-order valence-corrected chi connectivity index (χ0v) is 9.12. The molecular formula is C12H15N3. The molecule has 0 amide bonds. The Morgan fingerprint density at radius 1 is 1.40 bits per heavy atom. The van der Waals surface area contributed by atoms with E-state index in [2.05, 4.69) is 27.8 Å². The molecule has 2 N–H and O–H groups in total. The van der Waals surface area contributed by atoms with Crippen LogP contribution >= 0.6 is 0 Å². The van der Waals surface area contributed by atoms with E-state index in [1.807, 2.05) is 14.0 Å². The van der Waals surface area contributed by atoms with Crippen LogP contribution < -0.4 is 5.73 Å². The van der Waals surface area contributed by atoms with Crippen molar-refractivity contribution in [2.24, 2.45) is 12.8 Å². The fraction of sp³-hybridized carbons (Fsp3) is 0.417. The SMILES string of the molecule is Cc1nc2c(C3(N)CC3)cccc2n1C. The molecule has 0 saturated heterocycles. The average Bonchev–Trinajstić information content (AvgIpc) is 2.90. The first-order valence-electron chi connectivity index (χ1n) is 5.33. The Morgan fingerprint density at radius 2 is 2.13 bits per heavy atom. The van der Waals surface area contributed by atoms with Crippen molar-refractivity contribution < 1.29 is 0 Å². The molecule has 0 aliphatic heterocycles. The van der Waals surface area contributed by atoms with Crippen molar-refractivity contribution in [1.82, 2.24) is 9.55 Å². The highest BCUT2D eigenvalue weighted by molar-refractivity contribution is 5.81. The molecule has 78 valence electrons. The minimum Gasteiger partial charge on any atom is -0.331 e. The maximum absolute atomic E-state index is 6.24. The molecule has 0 spiro atoms. The third kappa shape index (κ3) is 1.13. The molecule has 1 saturated carbocycles. The lowest BCUT2D eigenvalue weighted by Gasteiger charge is -2.09. The van der Waals surface area contributed by atoms with Crippen LogP contribution in [0.4, 0.5) is 0 Å². The van der Waals surface area contributed by atoms with Gasteiger partial charge in [0.25, 0.3) is 0 Å². The van der Waals surface area contributed by atoms with Gasteiger partial charge in [-0.25, -0.2) is 4.98 Å². The van der Waals surface area contributed by atoms with Gasteiger partial charge in [0, 0.05) is 12.6 Å². The lowest BCUT2D eigenvalue weighted by atomic mass is 10.0. The summed E-state index contributed by atoms with van der Waals surface area (Å²) in [4.78, 5) is 4.60. The molecule has 2 aromatic rings. The number of nitrogens with zero attached hydrogens (tertiary/aromatic N) is 2. The highest BCUT2D eigenvalue weighted by Gasteiger charge is 2.41. The van der Waals surface area contributed by atoms with Crippen LogP contribution in [0.5, 0.6) is 0 Å². The molecule has 15 heavy (non-hydrogen) atoms. The topological polar surface area (TPSA) is 43.8 Å². The van der Waals surface area contributed by atoms with Gasteiger partial charge in [-0.2, -0.15) is 0 Å². The van der Waals surface area contributed by atoms with Gasteiger partial charge in [-0.15, -0.1) is 0 Å². The van der Waals surface area contributed by atoms with Gasteiger partial charge in [0.15, 0.2) is 0 Å². The molecule has 1 aromatic carbocycles. The van der Waals surface area contributed by atoms with E-state index >= 15 is 0 Å². The molecule has 1 aliphatic rings. The van der Waals surface area contributed by atoms with Gasteiger partial charge < -0.3 is 10.3 Å². The van der Waals surface area contributed by atoms with Crippen LogP contribution in [0.2, 0.25) is 0 Å². The minimum atomic E-state index is -0.0969. The standard InChI is InChI=1S/C12H15N3/c1-8-14-11-9(12(13)6-7-12)4-3-5-10(11)15(8)2/h3-5H,6-7,13H2,1-2H3. The summed E-state index contributed by atoms with van der Waals surface area (Å²) in [6.07, 6.45) is 2.17. The van der Waals surface area contributed by atoms with Crippen LogP contribution in [0.25, 0.3) is 11.0 Å². The molecule has 0 bridgehead atoms. The third-order valence-electron chi connectivity index (χ3n) is 3.46. The van der Waals surface area contributed by atoms with Crippen molar-refractivity contribution in [2.75, 3.05) is 0 Å².